The van der Waals surface area contributed by atoms with E-state index in [1.54, 1.807) is 0 Å². The third kappa shape index (κ3) is 3.98. The highest BCUT2D eigenvalue weighted by atomic mass is 19.1. The number of aliphatic hydroxyl groups is 3. The van der Waals surface area contributed by atoms with E-state index in [4.69, 9.17) is 5.73 Å². The molecule has 1 aliphatic heterocycles. The second kappa shape index (κ2) is 9.66. The van der Waals surface area contributed by atoms with Crippen molar-refractivity contribution in [3.8, 4) is 5.75 Å². The first kappa shape index (κ1) is 28.7. The first-order valence-corrected chi connectivity index (χ1v) is 13.6. The number of hydrogen-bond acceptors (Lipinski definition) is 9. The van der Waals surface area contributed by atoms with Crippen molar-refractivity contribution in [2.75, 3.05) is 19.4 Å². The smallest absolute Gasteiger partial charge is 0.255 e. The summed E-state index contributed by atoms with van der Waals surface area (Å²) in [7, 11) is 3.00. The molecule has 11 nitrogen and oxygen atoms in total. The van der Waals surface area contributed by atoms with Crippen LogP contribution in [-0.2, 0) is 32.0 Å². The Hall–Kier alpha value is -3.77. The fourth-order valence-electron chi connectivity index (χ4n) is 7.05. The lowest BCUT2D eigenvalue weighted by molar-refractivity contribution is -0.153. The van der Waals surface area contributed by atoms with E-state index in [0.717, 1.165) is 6.42 Å². The van der Waals surface area contributed by atoms with Gasteiger partial charge in [-0.15, -0.1) is 0 Å². The highest BCUT2D eigenvalue weighted by Gasteiger charge is 2.64. The molecule has 0 aromatic heterocycles. The Labute approximate surface area is 235 Å². The van der Waals surface area contributed by atoms with Crippen molar-refractivity contribution in [3.05, 3.63) is 39.4 Å². The van der Waals surface area contributed by atoms with Crippen molar-refractivity contribution in [2.24, 2.45) is 29.4 Å². The lowest BCUT2D eigenvalue weighted by atomic mass is 9.57. The predicted octanol–water partition coefficient (Wildman–Crippen LogP) is 1.65. The lowest BCUT2D eigenvalue weighted by Crippen LogP contribution is -2.65. The van der Waals surface area contributed by atoms with Crippen LogP contribution >= 0.6 is 0 Å². The van der Waals surface area contributed by atoms with Crippen LogP contribution in [0.3, 0.4) is 0 Å². The minimum atomic E-state index is -2.79. The molecular formula is C29H34FN3O8. The SMILES string of the molecule is CC(C)CCC1Cc2c(F)c3c(c(O)c2NC1=O)C(O)=C1C(=O)[C@]2(O)C(O)=C(C(N)=O)C(=O)[C@@H](N(C)C)[C@@H]2C[C@@H]1C3. The fraction of sp³-hybridized carbons (Fsp3) is 0.517. The van der Waals surface area contributed by atoms with Crippen molar-refractivity contribution in [2.45, 2.75) is 57.6 Å². The Morgan fingerprint density at radius 1 is 1.15 bits per heavy atom. The summed E-state index contributed by atoms with van der Waals surface area (Å²) in [5.41, 5.74) is 0.719. The number of aliphatic hydroxyl groups excluding tert-OH is 2. The summed E-state index contributed by atoms with van der Waals surface area (Å²) >= 11 is 0. The summed E-state index contributed by atoms with van der Waals surface area (Å²) in [6.07, 6.45) is 1.02. The van der Waals surface area contributed by atoms with Gasteiger partial charge in [-0.1, -0.05) is 20.3 Å². The number of nitrogens with one attached hydrogen (secondary N) is 1. The summed E-state index contributed by atoms with van der Waals surface area (Å²) in [4.78, 5) is 53.4. The number of halogens is 1. The van der Waals surface area contributed by atoms with Gasteiger partial charge in [-0.3, -0.25) is 24.1 Å². The number of phenolic OH excluding ortho intramolecular Hbond substituents is 1. The van der Waals surface area contributed by atoms with Gasteiger partial charge in [0.25, 0.3) is 5.91 Å². The van der Waals surface area contributed by atoms with Crippen LogP contribution in [-0.4, -0.2) is 74.4 Å². The largest absolute Gasteiger partial charge is 0.508 e. The Morgan fingerprint density at radius 2 is 1.80 bits per heavy atom. The average Bonchev–Trinajstić information content (AvgIpc) is 2.87. The van der Waals surface area contributed by atoms with E-state index >= 15 is 4.39 Å². The number of nitrogens with zero attached hydrogens (tertiary/aromatic N) is 1. The van der Waals surface area contributed by atoms with Crippen LogP contribution in [0.15, 0.2) is 16.9 Å². The zero-order valence-corrected chi connectivity index (χ0v) is 23.2. The number of rotatable bonds is 5. The van der Waals surface area contributed by atoms with Gasteiger partial charge >= 0.3 is 0 Å². The zero-order valence-electron chi connectivity index (χ0n) is 23.2. The molecule has 0 saturated heterocycles. The molecule has 0 bridgehead atoms. The number of likely N-dealkylation sites (N-methyl/N-ethyl adjacent to an activating group) is 1. The minimum Gasteiger partial charge on any atom is -0.508 e. The molecule has 7 N–H and O–H groups in total. The normalized spacial score (nSPS) is 29.3. The van der Waals surface area contributed by atoms with E-state index in [2.05, 4.69) is 5.32 Å². The molecular weight excluding hydrogens is 537 g/mol. The number of hydrogen-bond donors (Lipinski definition) is 6. The van der Waals surface area contributed by atoms with Gasteiger partial charge in [-0.25, -0.2) is 4.39 Å². The van der Waals surface area contributed by atoms with Crippen LogP contribution in [0.4, 0.5) is 10.1 Å². The maximum absolute atomic E-state index is 16.1. The average molecular weight is 572 g/mol. The van der Waals surface area contributed by atoms with Gasteiger partial charge in [0.05, 0.1) is 17.3 Å². The Kier molecular flexibility index (Phi) is 6.77. The number of fused-ring (bicyclic) bond motifs is 4. The van der Waals surface area contributed by atoms with E-state index in [1.165, 1.54) is 19.0 Å². The third-order valence-corrected chi connectivity index (χ3v) is 9.08. The molecule has 1 saturated carbocycles. The fourth-order valence-corrected chi connectivity index (χ4v) is 7.05. The number of anilines is 1. The topological polar surface area (TPSA) is 190 Å². The van der Waals surface area contributed by atoms with Crippen LogP contribution in [0, 0.1) is 29.5 Å². The third-order valence-electron chi connectivity index (χ3n) is 9.08. The van der Waals surface area contributed by atoms with Gasteiger partial charge in [-0.05, 0) is 51.6 Å². The van der Waals surface area contributed by atoms with Gasteiger partial charge in [0, 0.05) is 28.5 Å². The summed E-state index contributed by atoms with van der Waals surface area (Å²) < 4.78 is 16.1. The molecule has 4 aliphatic rings. The number of ketones is 2. The van der Waals surface area contributed by atoms with E-state index in [0.29, 0.717) is 12.3 Å². The van der Waals surface area contributed by atoms with Crippen molar-refractivity contribution in [3.63, 3.8) is 0 Å². The quantitative estimate of drug-likeness (QED) is 0.225. The molecule has 1 fully saturated rings. The molecule has 1 aromatic carbocycles. The Balaban J connectivity index is 1.66. The summed E-state index contributed by atoms with van der Waals surface area (Å²) in [6, 6.07) is -1.23. The van der Waals surface area contributed by atoms with Crippen LogP contribution < -0.4 is 11.1 Å². The summed E-state index contributed by atoms with van der Waals surface area (Å²) in [5, 5.41) is 47.6. The van der Waals surface area contributed by atoms with E-state index < -0.39 is 87.0 Å². The lowest BCUT2D eigenvalue weighted by Gasteiger charge is -2.50. The predicted molar refractivity (Wildman–Crippen MR) is 144 cm³/mol. The molecule has 5 rings (SSSR count). The zero-order chi connectivity index (χ0) is 30.3. The number of amides is 2. The number of aromatic hydroxyl groups is 1. The van der Waals surface area contributed by atoms with Crippen LogP contribution in [0.25, 0.3) is 5.76 Å². The van der Waals surface area contributed by atoms with Gasteiger partial charge < -0.3 is 31.5 Å². The molecule has 1 unspecified atom stereocenters. The van der Waals surface area contributed by atoms with Crippen LogP contribution in [0.5, 0.6) is 5.75 Å². The number of carbonyl (C=O) groups is 4. The number of primary amides is 1. The number of phenols is 1. The second-order valence-electron chi connectivity index (χ2n) is 12.2. The molecule has 1 heterocycles. The van der Waals surface area contributed by atoms with Gasteiger partial charge in [-0.2, -0.15) is 0 Å². The van der Waals surface area contributed by atoms with Gasteiger partial charge in [0.15, 0.2) is 17.1 Å². The number of Topliss-reactive ketones (excluding diaryl/α,β-unsaturated/α-hetero) is 2. The molecule has 0 spiro atoms. The standard InChI is InChI=1S/C29H34FN3O8/c1-10(2)5-6-11-7-14-19(30)13-8-12-9-15-21(33(3)4)24(36)18(27(31)39)26(38)29(15,41)25(37)16(12)22(34)17(13)23(35)20(14)32-28(11)40/h10-12,15,21,34-35,38,41H,5-9H2,1-4H3,(H2,31,39)(H,32,40)/t11?,12-,15-,21-,29-/m0/s1. The Morgan fingerprint density at radius 3 is 2.39 bits per heavy atom. The van der Waals surface area contributed by atoms with E-state index in [-0.39, 0.29) is 41.6 Å². The molecule has 41 heavy (non-hydrogen) atoms. The first-order valence-electron chi connectivity index (χ1n) is 13.6. The van der Waals surface area contributed by atoms with E-state index in [9.17, 15) is 39.6 Å². The van der Waals surface area contributed by atoms with Crippen molar-refractivity contribution in [1.82, 2.24) is 4.90 Å². The molecule has 0 radical (unpaired) electrons. The van der Waals surface area contributed by atoms with Crippen LogP contribution in [0.1, 0.15) is 49.8 Å². The molecule has 1 aromatic rings. The molecule has 2 amide bonds. The number of benzene rings is 1. The molecule has 220 valence electrons. The summed E-state index contributed by atoms with van der Waals surface area (Å²) in [6.45, 7) is 4.03. The van der Waals surface area contributed by atoms with Crippen molar-refractivity contribution in [1.29, 1.82) is 0 Å². The second-order valence-corrected chi connectivity index (χ2v) is 12.2. The maximum atomic E-state index is 16.1. The molecule has 5 atom stereocenters. The van der Waals surface area contributed by atoms with Gasteiger partial charge in [0.1, 0.15) is 22.9 Å². The number of nitrogens with two attached hydrogens (primary N) is 1. The highest BCUT2D eigenvalue weighted by Crippen LogP contribution is 2.54. The van der Waals surface area contributed by atoms with Crippen molar-refractivity contribution >= 4 is 34.8 Å². The summed E-state index contributed by atoms with van der Waals surface area (Å²) in [5.74, 6) is -9.43. The van der Waals surface area contributed by atoms with Crippen LogP contribution in [0.2, 0.25) is 0 Å². The number of carbonyl (C=O) groups excluding carboxylic acids is 4. The maximum Gasteiger partial charge on any atom is 0.255 e. The van der Waals surface area contributed by atoms with Gasteiger partial charge in [0.2, 0.25) is 11.7 Å². The van der Waals surface area contributed by atoms with Crippen molar-refractivity contribution < 1.29 is 44.0 Å². The Bertz CT molecular complexity index is 1480. The molecule has 12 heteroatoms. The molecule has 3 aliphatic carbocycles. The first-order chi connectivity index (χ1) is 19.1. The minimum absolute atomic E-state index is 0.0503. The monoisotopic (exact) mass is 571 g/mol. The highest BCUT2D eigenvalue weighted by molar-refractivity contribution is 6.24. The van der Waals surface area contributed by atoms with E-state index in [1.807, 2.05) is 13.8 Å².